The van der Waals surface area contributed by atoms with E-state index in [1.165, 1.54) is 0 Å². The highest BCUT2D eigenvalue weighted by Gasteiger charge is 2.48. The number of carboxylic acid groups (broad SMARTS) is 1. The largest absolute Gasteiger partial charge is 0.485 e. The van der Waals surface area contributed by atoms with Crippen molar-refractivity contribution in [2.75, 3.05) is 13.6 Å². The molecular formula is C23H29NO8. The van der Waals surface area contributed by atoms with E-state index in [-0.39, 0.29) is 11.9 Å². The minimum absolute atomic E-state index is 0.162. The molecular weight excluding hydrogens is 418 g/mol. The molecule has 3 rings (SSSR count). The molecule has 0 aromatic heterocycles. The van der Waals surface area contributed by atoms with Crippen molar-refractivity contribution in [1.82, 2.24) is 5.32 Å². The van der Waals surface area contributed by atoms with Gasteiger partial charge in [0.05, 0.1) is 0 Å². The molecule has 6 atom stereocenters. The highest BCUT2D eigenvalue weighted by molar-refractivity contribution is 5.73. The van der Waals surface area contributed by atoms with Crippen molar-refractivity contribution in [1.29, 1.82) is 0 Å². The van der Waals surface area contributed by atoms with Gasteiger partial charge >= 0.3 is 5.97 Å². The zero-order valence-electron chi connectivity index (χ0n) is 17.9. The van der Waals surface area contributed by atoms with E-state index in [0.717, 1.165) is 24.1 Å². The first-order valence-electron chi connectivity index (χ1n) is 10.4. The van der Waals surface area contributed by atoms with Crippen molar-refractivity contribution in [2.45, 2.75) is 50.2 Å². The molecule has 5 N–H and O–H groups in total. The van der Waals surface area contributed by atoms with E-state index in [9.17, 15) is 20.1 Å². The van der Waals surface area contributed by atoms with Crippen molar-refractivity contribution in [3.05, 3.63) is 59.7 Å². The molecule has 0 saturated carbocycles. The van der Waals surface area contributed by atoms with Crippen molar-refractivity contribution in [3.8, 4) is 11.5 Å². The van der Waals surface area contributed by atoms with Gasteiger partial charge in [0.25, 0.3) is 0 Å². The second-order valence-electron chi connectivity index (χ2n) is 7.69. The van der Waals surface area contributed by atoms with Crippen molar-refractivity contribution in [3.63, 3.8) is 0 Å². The fourth-order valence-corrected chi connectivity index (χ4v) is 3.50. The quantitative estimate of drug-likeness (QED) is 0.381. The predicted molar refractivity (Wildman–Crippen MR) is 114 cm³/mol. The van der Waals surface area contributed by atoms with Crippen LogP contribution in [0.5, 0.6) is 11.5 Å². The summed E-state index contributed by atoms with van der Waals surface area (Å²) in [5.74, 6) is -0.532. The molecule has 0 radical (unpaired) electrons. The maximum atomic E-state index is 11.3. The molecule has 1 fully saturated rings. The minimum Gasteiger partial charge on any atom is -0.485 e. The Morgan fingerprint density at radius 3 is 2.44 bits per heavy atom. The number of carboxylic acids is 1. The summed E-state index contributed by atoms with van der Waals surface area (Å²) >= 11 is 0. The van der Waals surface area contributed by atoms with Crippen molar-refractivity contribution in [2.24, 2.45) is 0 Å². The number of ether oxygens (including phenoxy) is 3. The predicted octanol–water partition coefficient (Wildman–Crippen LogP) is 0.996. The number of benzene rings is 2. The molecule has 1 saturated heterocycles. The van der Waals surface area contributed by atoms with Crippen LogP contribution in [0, 0.1) is 6.92 Å². The Morgan fingerprint density at radius 2 is 1.81 bits per heavy atom. The van der Waals surface area contributed by atoms with E-state index >= 15 is 0 Å². The van der Waals surface area contributed by atoms with Gasteiger partial charge in [-0.15, -0.1) is 0 Å². The summed E-state index contributed by atoms with van der Waals surface area (Å²) in [5.41, 5.74) is 1.81. The van der Waals surface area contributed by atoms with Crippen LogP contribution in [0.1, 0.15) is 23.7 Å². The van der Waals surface area contributed by atoms with Crippen LogP contribution in [0.4, 0.5) is 0 Å². The van der Waals surface area contributed by atoms with Crippen molar-refractivity contribution < 1.29 is 39.4 Å². The highest BCUT2D eigenvalue weighted by Crippen LogP contribution is 2.31. The van der Waals surface area contributed by atoms with Crippen LogP contribution < -0.4 is 14.8 Å². The minimum atomic E-state index is -1.77. The Labute approximate surface area is 186 Å². The monoisotopic (exact) mass is 447 g/mol. The lowest BCUT2D eigenvalue weighted by atomic mass is 9.99. The average Bonchev–Trinajstić information content (AvgIpc) is 2.78. The molecule has 32 heavy (non-hydrogen) atoms. The van der Waals surface area contributed by atoms with Gasteiger partial charge in [-0.1, -0.05) is 30.3 Å². The topological polar surface area (TPSA) is 138 Å². The molecule has 0 aliphatic carbocycles. The Balaban J connectivity index is 1.73. The molecule has 0 unspecified atom stereocenters. The highest BCUT2D eigenvalue weighted by atomic mass is 16.7. The number of aliphatic carboxylic acids is 1. The first-order valence-corrected chi connectivity index (χ1v) is 10.4. The van der Waals surface area contributed by atoms with Crippen LogP contribution >= 0.6 is 0 Å². The number of aliphatic hydroxyl groups is 3. The van der Waals surface area contributed by atoms with E-state index in [1.807, 2.05) is 44.3 Å². The third-order valence-electron chi connectivity index (χ3n) is 5.31. The number of aryl methyl sites for hydroxylation is 1. The SMILES string of the molecule is CNCC[C@H](Oc1ccc(O[C@@H]2O[C@H](C(=O)O)[C@@H](O)[C@@H](O)[C@H]2O)cc1C)c1ccccc1. The zero-order valence-corrected chi connectivity index (χ0v) is 17.9. The summed E-state index contributed by atoms with van der Waals surface area (Å²) in [6.07, 6.45) is -7.71. The molecule has 9 nitrogen and oxygen atoms in total. The molecule has 1 heterocycles. The first kappa shape index (κ1) is 24.0. The molecule has 9 heteroatoms. The van der Waals surface area contributed by atoms with E-state index < -0.39 is 36.7 Å². The normalized spacial score (nSPS) is 26.3. The zero-order chi connectivity index (χ0) is 23.3. The van der Waals surface area contributed by atoms with Gasteiger partial charge in [-0.05, 0) is 49.8 Å². The Bertz CT molecular complexity index is 893. The molecule has 1 aliphatic rings. The Morgan fingerprint density at radius 1 is 1.09 bits per heavy atom. The Kier molecular flexibility index (Phi) is 8.05. The van der Waals surface area contributed by atoms with Crippen LogP contribution in [0.2, 0.25) is 0 Å². The lowest BCUT2D eigenvalue weighted by molar-refractivity contribution is -0.271. The fourth-order valence-electron chi connectivity index (χ4n) is 3.50. The van der Waals surface area contributed by atoms with Crippen LogP contribution in [0.15, 0.2) is 48.5 Å². The first-order chi connectivity index (χ1) is 15.3. The van der Waals surface area contributed by atoms with Gasteiger partial charge in [0.2, 0.25) is 6.29 Å². The summed E-state index contributed by atoms with van der Waals surface area (Å²) in [5, 5.41) is 42.2. The van der Waals surface area contributed by atoms with Gasteiger partial charge in [0.1, 0.15) is 35.9 Å². The average molecular weight is 447 g/mol. The smallest absolute Gasteiger partial charge is 0.335 e. The van der Waals surface area contributed by atoms with Crippen LogP contribution in [0.25, 0.3) is 0 Å². The third kappa shape index (κ3) is 5.56. The summed E-state index contributed by atoms with van der Waals surface area (Å²) in [6, 6.07) is 14.9. The lowest BCUT2D eigenvalue weighted by Gasteiger charge is -2.38. The molecule has 0 bridgehead atoms. The number of aliphatic hydroxyl groups excluding tert-OH is 3. The second kappa shape index (κ2) is 10.8. The van der Waals surface area contributed by atoms with E-state index in [1.54, 1.807) is 18.2 Å². The van der Waals surface area contributed by atoms with Crippen LogP contribution in [-0.4, -0.2) is 70.7 Å². The summed E-state index contributed by atoms with van der Waals surface area (Å²) in [7, 11) is 1.88. The lowest BCUT2D eigenvalue weighted by Crippen LogP contribution is -2.61. The van der Waals surface area contributed by atoms with E-state index in [0.29, 0.717) is 5.75 Å². The maximum absolute atomic E-state index is 11.3. The molecule has 0 amide bonds. The number of hydrogen-bond donors (Lipinski definition) is 5. The fraction of sp³-hybridized carbons (Fsp3) is 0.435. The van der Waals surface area contributed by atoms with Gasteiger partial charge in [-0.2, -0.15) is 0 Å². The van der Waals surface area contributed by atoms with Crippen molar-refractivity contribution >= 4 is 5.97 Å². The number of carbonyl (C=O) groups is 1. The van der Waals surface area contributed by atoms with Gasteiger partial charge in [0, 0.05) is 6.42 Å². The second-order valence-corrected chi connectivity index (χ2v) is 7.69. The molecule has 174 valence electrons. The molecule has 0 spiro atoms. The van der Waals surface area contributed by atoms with Crippen LogP contribution in [-0.2, 0) is 9.53 Å². The molecule has 2 aromatic rings. The van der Waals surface area contributed by atoms with Gasteiger partial charge in [0.15, 0.2) is 6.10 Å². The van der Waals surface area contributed by atoms with Crippen LogP contribution in [0.3, 0.4) is 0 Å². The summed E-state index contributed by atoms with van der Waals surface area (Å²) in [4.78, 5) is 11.3. The molecule has 1 aliphatic heterocycles. The summed E-state index contributed by atoms with van der Waals surface area (Å²) < 4.78 is 17.0. The third-order valence-corrected chi connectivity index (χ3v) is 5.31. The number of hydrogen-bond acceptors (Lipinski definition) is 8. The number of nitrogens with one attached hydrogen (secondary N) is 1. The van der Waals surface area contributed by atoms with E-state index in [4.69, 9.17) is 19.3 Å². The van der Waals surface area contributed by atoms with Gasteiger partial charge in [-0.3, -0.25) is 0 Å². The van der Waals surface area contributed by atoms with Gasteiger partial charge in [-0.25, -0.2) is 4.79 Å². The standard InChI is InChI=1S/C23H29NO8/c1-13-12-15(30-23-20(27)18(25)19(26)21(32-23)22(28)29)8-9-16(13)31-17(10-11-24-2)14-6-4-3-5-7-14/h3-9,12,17-21,23-27H,10-11H2,1-2H3,(H,28,29)/t17-,18+,19-,20+,21-,23+/m0/s1. The van der Waals surface area contributed by atoms with E-state index in [2.05, 4.69) is 5.32 Å². The maximum Gasteiger partial charge on any atom is 0.335 e. The van der Waals surface area contributed by atoms with Gasteiger partial charge < -0.3 is 40.0 Å². The molecule has 2 aromatic carbocycles. The summed E-state index contributed by atoms with van der Waals surface area (Å²) in [6.45, 7) is 2.61. The Hall–Kier alpha value is -2.69. The number of rotatable bonds is 9.